The van der Waals surface area contributed by atoms with E-state index in [1.165, 1.54) is 11.1 Å². The third-order valence-electron chi connectivity index (χ3n) is 5.19. The highest BCUT2D eigenvalue weighted by Gasteiger charge is 2.23. The molecule has 32 heavy (non-hydrogen) atoms. The molecule has 0 aliphatic heterocycles. The first-order chi connectivity index (χ1) is 15.5. The van der Waals surface area contributed by atoms with Crippen LogP contribution in [0.15, 0.2) is 60.7 Å². The highest BCUT2D eigenvalue weighted by molar-refractivity contribution is 7.98. The van der Waals surface area contributed by atoms with E-state index in [1.54, 1.807) is 50.2 Å². The Hall–Kier alpha value is -2.90. The van der Waals surface area contributed by atoms with Crippen molar-refractivity contribution in [3.8, 4) is 22.6 Å². The van der Waals surface area contributed by atoms with Crippen LogP contribution in [0.2, 0.25) is 0 Å². The second-order valence-corrected chi connectivity index (χ2v) is 8.03. The minimum atomic E-state index is -0.332. The standard InChI is InChI=1S/C25H29FN2O3S/c1-5-31-25-15-18(11-13-24(25)30-3)23(16-32-4)28(29)22-12-10-17(14-21(22)27-2)19-8-6-7-9-20(19)26/h6-15,23,27,29H,5,16H2,1-4H3. The zero-order valence-corrected chi connectivity index (χ0v) is 19.6. The molecule has 0 aliphatic carbocycles. The number of nitrogens with one attached hydrogen (secondary N) is 1. The SMILES string of the molecule is CCOc1cc(C(CSC)N(O)c2ccc(-c3ccccc3F)cc2NC)ccc1OC. The summed E-state index contributed by atoms with van der Waals surface area (Å²) in [5.74, 6) is 1.64. The number of thioether (sulfide) groups is 1. The summed E-state index contributed by atoms with van der Waals surface area (Å²) in [7, 11) is 3.38. The normalized spacial score (nSPS) is 11.7. The number of hydrogen-bond acceptors (Lipinski definition) is 6. The van der Waals surface area contributed by atoms with Crippen LogP contribution in [0.3, 0.4) is 0 Å². The zero-order valence-electron chi connectivity index (χ0n) is 18.8. The number of halogens is 1. The van der Waals surface area contributed by atoms with E-state index in [4.69, 9.17) is 9.47 Å². The van der Waals surface area contributed by atoms with Crippen LogP contribution in [0.25, 0.3) is 11.1 Å². The average Bonchev–Trinajstić information content (AvgIpc) is 2.82. The summed E-state index contributed by atoms with van der Waals surface area (Å²) in [5.41, 5.74) is 3.43. The maximum atomic E-state index is 14.3. The molecule has 0 saturated heterocycles. The first-order valence-electron chi connectivity index (χ1n) is 10.4. The quantitative estimate of drug-likeness (QED) is 0.352. The highest BCUT2D eigenvalue weighted by atomic mass is 32.2. The van der Waals surface area contributed by atoms with Crippen molar-refractivity contribution in [1.29, 1.82) is 0 Å². The molecule has 3 aromatic carbocycles. The van der Waals surface area contributed by atoms with Gasteiger partial charge in [0, 0.05) is 18.4 Å². The second-order valence-electron chi connectivity index (χ2n) is 7.12. The van der Waals surface area contributed by atoms with Crippen molar-refractivity contribution in [2.45, 2.75) is 13.0 Å². The molecule has 0 saturated carbocycles. The Kier molecular flexibility index (Phi) is 8.25. The summed E-state index contributed by atoms with van der Waals surface area (Å²) in [6.07, 6.45) is 1.99. The van der Waals surface area contributed by atoms with E-state index in [1.807, 2.05) is 43.5 Å². The molecule has 0 spiro atoms. The van der Waals surface area contributed by atoms with Crippen LogP contribution in [0.4, 0.5) is 15.8 Å². The molecule has 5 nitrogen and oxygen atoms in total. The van der Waals surface area contributed by atoms with E-state index in [2.05, 4.69) is 5.32 Å². The molecule has 0 fully saturated rings. The Labute approximate surface area is 193 Å². The molecule has 3 rings (SSSR count). The van der Waals surface area contributed by atoms with Gasteiger partial charge in [-0.15, -0.1) is 0 Å². The van der Waals surface area contributed by atoms with Gasteiger partial charge in [-0.1, -0.05) is 30.3 Å². The van der Waals surface area contributed by atoms with Gasteiger partial charge in [-0.3, -0.25) is 5.21 Å². The summed E-state index contributed by atoms with van der Waals surface area (Å²) >= 11 is 1.63. The van der Waals surface area contributed by atoms with Crippen molar-refractivity contribution >= 4 is 23.1 Å². The van der Waals surface area contributed by atoms with Gasteiger partial charge in [0.2, 0.25) is 0 Å². The van der Waals surface area contributed by atoms with Gasteiger partial charge in [-0.25, -0.2) is 9.45 Å². The lowest BCUT2D eigenvalue weighted by Gasteiger charge is -2.30. The number of rotatable bonds is 10. The van der Waals surface area contributed by atoms with Crippen molar-refractivity contribution < 1.29 is 19.1 Å². The number of hydrogen-bond donors (Lipinski definition) is 2. The predicted octanol–water partition coefficient (Wildman–Crippen LogP) is 6.24. The van der Waals surface area contributed by atoms with Crippen LogP contribution in [0.1, 0.15) is 18.5 Å². The molecule has 0 heterocycles. The van der Waals surface area contributed by atoms with Crippen molar-refractivity contribution in [3.05, 3.63) is 72.0 Å². The molecule has 0 bridgehead atoms. The first kappa shape index (κ1) is 23.8. The Morgan fingerprint density at radius 1 is 1.09 bits per heavy atom. The Morgan fingerprint density at radius 3 is 2.53 bits per heavy atom. The first-order valence-corrected chi connectivity index (χ1v) is 11.8. The fraction of sp³-hybridized carbons (Fsp3) is 0.280. The molecule has 3 aromatic rings. The molecular formula is C25H29FN2O3S. The number of anilines is 2. The largest absolute Gasteiger partial charge is 0.493 e. The molecule has 0 aromatic heterocycles. The van der Waals surface area contributed by atoms with Crippen molar-refractivity contribution in [2.75, 3.05) is 43.2 Å². The van der Waals surface area contributed by atoms with Crippen LogP contribution < -0.4 is 19.9 Å². The zero-order chi connectivity index (χ0) is 23.1. The highest BCUT2D eigenvalue weighted by Crippen LogP contribution is 2.38. The predicted molar refractivity (Wildman–Crippen MR) is 131 cm³/mol. The van der Waals surface area contributed by atoms with E-state index < -0.39 is 0 Å². The van der Waals surface area contributed by atoms with Crippen molar-refractivity contribution in [2.24, 2.45) is 0 Å². The lowest BCUT2D eigenvalue weighted by Crippen LogP contribution is -2.27. The van der Waals surface area contributed by atoms with Gasteiger partial charge in [0.25, 0.3) is 0 Å². The Morgan fingerprint density at radius 2 is 1.88 bits per heavy atom. The number of ether oxygens (including phenoxy) is 2. The Bertz CT molecular complexity index is 1050. The van der Waals surface area contributed by atoms with Crippen molar-refractivity contribution in [1.82, 2.24) is 0 Å². The van der Waals surface area contributed by atoms with Crippen LogP contribution in [-0.2, 0) is 0 Å². The minimum Gasteiger partial charge on any atom is -0.493 e. The summed E-state index contributed by atoms with van der Waals surface area (Å²) in [6, 6.07) is 17.4. The minimum absolute atomic E-state index is 0.287. The third-order valence-corrected chi connectivity index (χ3v) is 5.84. The summed E-state index contributed by atoms with van der Waals surface area (Å²) in [5, 5.41) is 15.7. The van der Waals surface area contributed by atoms with Crippen LogP contribution in [-0.4, -0.2) is 38.0 Å². The van der Waals surface area contributed by atoms with Gasteiger partial charge < -0.3 is 14.8 Å². The number of benzene rings is 3. The Balaban J connectivity index is 2.00. The van der Waals surface area contributed by atoms with E-state index >= 15 is 0 Å². The topological polar surface area (TPSA) is 54.0 Å². The van der Waals surface area contributed by atoms with Crippen LogP contribution in [0, 0.1) is 5.82 Å². The maximum Gasteiger partial charge on any atom is 0.161 e. The lowest BCUT2D eigenvalue weighted by molar-refractivity contribution is 0.225. The summed E-state index contributed by atoms with van der Waals surface area (Å²) in [4.78, 5) is 0. The molecule has 0 amide bonds. The lowest BCUT2D eigenvalue weighted by atomic mass is 10.0. The summed E-state index contributed by atoms with van der Waals surface area (Å²) in [6.45, 7) is 2.43. The molecule has 1 atom stereocenters. The van der Waals surface area contributed by atoms with Crippen LogP contribution in [0.5, 0.6) is 11.5 Å². The van der Waals surface area contributed by atoms with E-state index in [9.17, 15) is 9.60 Å². The van der Waals surface area contributed by atoms with Gasteiger partial charge >= 0.3 is 0 Å². The summed E-state index contributed by atoms with van der Waals surface area (Å²) < 4.78 is 25.4. The van der Waals surface area contributed by atoms with E-state index in [0.717, 1.165) is 11.1 Å². The van der Waals surface area contributed by atoms with Gasteiger partial charge in [0.15, 0.2) is 11.5 Å². The van der Waals surface area contributed by atoms with Crippen molar-refractivity contribution in [3.63, 3.8) is 0 Å². The smallest absolute Gasteiger partial charge is 0.161 e. The number of methoxy groups -OCH3 is 1. The molecule has 0 aliphatic rings. The number of nitrogens with zero attached hydrogens (tertiary/aromatic N) is 1. The molecule has 170 valence electrons. The molecule has 1 unspecified atom stereocenters. The van der Waals surface area contributed by atoms with E-state index in [-0.39, 0.29) is 11.9 Å². The molecule has 7 heteroatoms. The average molecular weight is 457 g/mol. The fourth-order valence-electron chi connectivity index (χ4n) is 3.60. The maximum absolute atomic E-state index is 14.3. The van der Waals surface area contributed by atoms with Crippen LogP contribution >= 0.6 is 11.8 Å². The number of hydroxylamine groups is 1. The molecular weight excluding hydrogens is 427 g/mol. The van der Waals surface area contributed by atoms with Gasteiger partial charge in [-0.2, -0.15) is 11.8 Å². The third kappa shape index (κ3) is 5.11. The van der Waals surface area contributed by atoms with E-state index in [0.29, 0.717) is 40.8 Å². The van der Waals surface area contributed by atoms with Gasteiger partial charge in [0.1, 0.15) is 5.82 Å². The second kappa shape index (κ2) is 11.1. The monoisotopic (exact) mass is 456 g/mol. The van der Waals surface area contributed by atoms with Gasteiger partial charge in [-0.05, 0) is 54.6 Å². The fourth-order valence-corrected chi connectivity index (χ4v) is 4.25. The molecule has 2 N–H and O–H groups in total. The molecule has 0 radical (unpaired) electrons. The van der Waals surface area contributed by atoms with Gasteiger partial charge in [0.05, 0.1) is 31.1 Å².